The lowest BCUT2D eigenvalue weighted by Gasteiger charge is -2.09. The molecule has 2 rings (SSSR count). The molecule has 0 atom stereocenters. The summed E-state index contributed by atoms with van der Waals surface area (Å²) < 4.78 is 7.48. The van der Waals surface area contributed by atoms with Gasteiger partial charge in [0.25, 0.3) is 5.91 Å². The van der Waals surface area contributed by atoms with Gasteiger partial charge in [-0.05, 0) is 43.4 Å². The Kier molecular flexibility index (Phi) is 5.49. The molecule has 118 valence electrons. The Balaban J connectivity index is 1.82. The van der Waals surface area contributed by atoms with E-state index in [9.17, 15) is 4.79 Å². The van der Waals surface area contributed by atoms with Crippen molar-refractivity contribution in [2.75, 3.05) is 12.9 Å². The van der Waals surface area contributed by atoms with Crippen LogP contribution in [-0.2, 0) is 18.4 Å². The van der Waals surface area contributed by atoms with Gasteiger partial charge in [-0.25, -0.2) is 4.98 Å². The number of carbonyl (C=O) groups excluding carboxylic acids is 1. The number of hydrogen-bond acceptors (Lipinski definition) is 4. The summed E-state index contributed by atoms with van der Waals surface area (Å²) >= 11 is 1.57. The number of ether oxygens (including phenoxy) is 1. The number of thioether (sulfide) groups is 1. The van der Waals surface area contributed by atoms with E-state index in [0.717, 1.165) is 16.4 Å². The fraction of sp³-hybridized carbons (Fsp3) is 0.375. The van der Waals surface area contributed by atoms with Crippen molar-refractivity contribution < 1.29 is 9.53 Å². The van der Waals surface area contributed by atoms with Gasteiger partial charge in [-0.2, -0.15) is 0 Å². The topological polar surface area (TPSA) is 56.1 Å². The molecule has 0 fully saturated rings. The fourth-order valence-corrected chi connectivity index (χ4v) is 2.52. The van der Waals surface area contributed by atoms with Crippen molar-refractivity contribution in [1.29, 1.82) is 0 Å². The van der Waals surface area contributed by atoms with Crippen molar-refractivity contribution in [2.24, 2.45) is 7.05 Å². The van der Waals surface area contributed by atoms with Crippen LogP contribution in [0.4, 0.5) is 0 Å². The van der Waals surface area contributed by atoms with E-state index in [4.69, 9.17) is 4.74 Å². The number of nitrogens with one attached hydrogen (secondary N) is 1. The van der Waals surface area contributed by atoms with Gasteiger partial charge < -0.3 is 14.6 Å². The molecular weight excluding hydrogens is 298 g/mol. The lowest BCUT2D eigenvalue weighted by molar-refractivity contribution is -0.123. The molecule has 1 heterocycles. The highest BCUT2D eigenvalue weighted by Crippen LogP contribution is 2.16. The Morgan fingerprint density at radius 1 is 1.36 bits per heavy atom. The van der Waals surface area contributed by atoms with Gasteiger partial charge in [-0.1, -0.05) is 17.8 Å². The first kappa shape index (κ1) is 16.4. The molecule has 6 heteroatoms. The summed E-state index contributed by atoms with van der Waals surface area (Å²) in [5.41, 5.74) is 3.32. The van der Waals surface area contributed by atoms with Gasteiger partial charge >= 0.3 is 0 Å². The van der Waals surface area contributed by atoms with Gasteiger partial charge in [-0.15, -0.1) is 0 Å². The van der Waals surface area contributed by atoms with Crippen molar-refractivity contribution in [1.82, 2.24) is 14.9 Å². The zero-order chi connectivity index (χ0) is 16.1. The first-order valence-corrected chi connectivity index (χ1v) is 8.25. The number of benzene rings is 1. The number of hydrogen-bond donors (Lipinski definition) is 1. The fourth-order valence-electron chi connectivity index (χ4n) is 1.97. The minimum atomic E-state index is -0.148. The Morgan fingerprint density at radius 2 is 2.14 bits per heavy atom. The van der Waals surface area contributed by atoms with E-state index < -0.39 is 0 Å². The van der Waals surface area contributed by atoms with Crippen molar-refractivity contribution in [3.8, 4) is 5.75 Å². The maximum atomic E-state index is 11.9. The standard InChI is InChI=1S/C16H21N3O2S/c1-11-5-6-14(7-12(11)2)21-10-15(20)17-8-13-9-18-16(22-4)19(13)3/h5-7,9H,8,10H2,1-4H3,(H,17,20). The van der Waals surface area contributed by atoms with Crippen LogP contribution in [0.5, 0.6) is 5.75 Å². The first-order chi connectivity index (χ1) is 10.5. The van der Waals surface area contributed by atoms with E-state index >= 15 is 0 Å². The number of aromatic nitrogens is 2. The molecule has 0 unspecified atom stereocenters. The van der Waals surface area contributed by atoms with E-state index in [1.54, 1.807) is 18.0 Å². The molecule has 5 nitrogen and oxygen atoms in total. The quantitative estimate of drug-likeness (QED) is 0.831. The monoisotopic (exact) mass is 319 g/mol. The third kappa shape index (κ3) is 4.04. The largest absolute Gasteiger partial charge is 0.484 e. The number of imidazole rings is 1. The summed E-state index contributed by atoms with van der Waals surface area (Å²) in [5, 5.41) is 3.77. The molecule has 0 spiro atoms. The third-order valence-electron chi connectivity index (χ3n) is 3.54. The highest BCUT2D eigenvalue weighted by molar-refractivity contribution is 7.98. The predicted molar refractivity (Wildman–Crippen MR) is 88.2 cm³/mol. The summed E-state index contributed by atoms with van der Waals surface area (Å²) in [6.45, 7) is 4.52. The molecule has 0 radical (unpaired) electrons. The highest BCUT2D eigenvalue weighted by Gasteiger charge is 2.08. The zero-order valence-electron chi connectivity index (χ0n) is 13.3. The second kappa shape index (κ2) is 7.35. The summed E-state index contributed by atoms with van der Waals surface area (Å²) in [6.07, 6.45) is 3.75. The second-order valence-corrected chi connectivity index (χ2v) is 5.88. The molecule has 0 aliphatic rings. The van der Waals surface area contributed by atoms with Crippen LogP contribution in [0.25, 0.3) is 0 Å². The molecule has 0 bridgehead atoms. The van der Waals surface area contributed by atoms with Crippen LogP contribution in [0.3, 0.4) is 0 Å². The van der Waals surface area contributed by atoms with E-state index in [-0.39, 0.29) is 12.5 Å². The summed E-state index contributed by atoms with van der Waals surface area (Å²) in [5.74, 6) is 0.564. The van der Waals surface area contributed by atoms with Crippen molar-refractivity contribution in [3.05, 3.63) is 41.2 Å². The van der Waals surface area contributed by atoms with Crippen LogP contribution in [0.2, 0.25) is 0 Å². The third-order valence-corrected chi connectivity index (χ3v) is 4.28. The van der Waals surface area contributed by atoms with E-state index in [1.165, 1.54) is 5.56 Å². The van der Waals surface area contributed by atoms with Crippen molar-refractivity contribution in [2.45, 2.75) is 25.5 Å². The summed E-state index contributed by atoms with van der Waals surface area (Å²) in [6, 6.07) is 5.80. The molecule has 0 saturated heterocycles. The smallest absolute Gasteiger partial charge is 0.258 e. The van der Waals surface area contributed by atoms with Crippen molar-refractivity contribution >= 4 is 17.7 Å². The van der Waals surface area contributed by atoms with E-state index in [2.05, 4.69) is 10.3 Å². The Bertz CT molecular complexity index is 667. The first-order valence-electron chi connectivity index (χ1n) is 7.02. The van der Waals surface area contributed by atoms with Crippen LogP contribution in [0.1, 0.15) is 16.8 Å². The van der Waals surface area contributed by atoms with Gasteiger partial charge in [0.2, 0.25) is 0 Å². The average molecular weight is 319 g/mol. The van der Waals surface area contributed by atoms with Crippen LogP contribution in [0, 0.1) is 13.8 Å². The van der Waals surface area contributed by atoms with Gasteiger partial charge in [0.15, 0.2) is 11.8 Å². The molecule has 22 heavy (non-hydrogen) atoms. The number of rotatable bonds is 6. The maximum Gasteiger partial charge on any atom is 0.258 e. The van der Waals surface area contributed by atoms with Crippen LogP contribution >= 0.6 is 11.8 Å². The Labute approximate surface area is 135 Å². The number of amides is 1. The van der Waals surface area contributed by atoms with Crippen LogP contribution < -0.4 is 10.1 Å². The molecule has 2 aromatic rings. The molecule has 0 aliphatic heterocycles. The molecular formula is C16H21N3O2S. The molecule has 1 amide bonds. The summed E-state index contributed by atoms with van der Waals surface area (Å²) in [7, 11) is 1.94. The zero-order valence-corrected chi connectivity index (χ0v) is 14.2. The van der Waals surface area contributed by atoms with Gasteiger partial charge in [-0.3, -0.25) is 4.79 Å². The SMILES string of the molecule is CSc1ncc(CNC(=O)COc2ccc(C)c(C)c2)n1C. The normalized spacial score (nSPS) is 10.5. The minimum absolute atomic E-state index is 0.00966. The molecule has 1 N–H and O–H groups in total. The maximum absolute atomic E-state index is 11.9. The van der Waals surface area contributed by atoms with E-state index in [0.29, 0.717) is 12.3 Å². The molecule has 1 aromatic carbocycles. The number of aryl methyl sites for hydroxylation is 2. The summed E-state index contributed by atoms with van der Waals surface area (Å²) in [4.78, 5) is 16.1. The Hall–Kier alpha value is -1.95. The number of carbonyl (C=O) groups is 1. The molecule has 1 aromatic heterocycles. The van der Waals surface area contributed by atoms with Crippen LogP contribution in [-0.4, -0.2) is 28.3 Å². The average Bonchev–Trinajstić information content (AvgIpc) is 2.86. The van der Waals surface area contributed by atoms with Crippen molar-refractivity contribution in [3.63, 3.8) is 0 Å². The lowest BCUT2D eigenvalue weighted by atomic mass is 10.1. The lowest BCUT2D eigenvalue weighted by Crippen LogP contribution is -2.29. The van der Waals surface area contributed by atoms with Gasteiger partial charge in [0.1, 0.15) is 5.75 Å². The van der Waals surface area contributed by atoms with Gasteiger partial charge in [0, 0.05) is 7.05 Å². The van der Waals surface area contributed by atoms with E-state index in [1.807, 2.05) is 49.9 Å². The minimum Gasteiger partial charge on any atom is -0.484 e. The predicted octanol–water partition coefficient (Wildman–Crippen LogP) is 2.45. The van der Waals surface area contributed by atoms with Gasteiger partial charge in [0.05, 0.1) is 18.4 Å². The second-order valence-electron chi connectivity index (χ2n) is 5.11. The van der Waals surface area contributed by atoms with Crippen LogP contribution in [0.15, 0.2) is 29.6 Å². The molecule has 0 aliphatic carbocycles. The highest BCUT2D eigenvalue weighted by atomic mass is 32.2. The molecule has 0 saturated carbocycles. The Morgan fingerprint density at radius 3 is 2.77 bits per heavy atom. The number of nitrogens with zero attached hydrogens (tertiary/aromatic N) is 2.